The summed E-state index contributed by atoms with van der Waals surface area (Å²) in [6.45, 7) is -1.77. The van der Waals surface area contributed by atoms with Gasteiger partial charge in [0.15, 0.2) is 11.6 Å². The number of carbonyl (C=O) groups excluding carboxylic acids is 1. The largest absolute Gasteiger partial charge is 0.432 e. The highest BCUT2D eigenvalue weighted by molar-refractivity contribution is 5.97. The molecule has 1 saturated carbocycles. The van der Waals surface area contributed by atoms with Gasteiger partial charge < -0.3 is 15.4 Å². The minimum Gasteiger partial charge on any atom is -0.432 e. The molecule has 0 unspecified atom stereocenters. The number of halogens is 5. The number of carbonyl (C=O) groups is 1. The van der Waals surface area contributed by atoms with Crippen molar-refractivity contribution in [2.45, 2.75) is 50.9 Å². The maximum Gasteiger partial charge on any atom is 0.387 e. The van der Waals surface area contributed by atoms with Crippen LogP contribution in [0.4, 0.5) is 22.0 Å². The number of pyridine rings is 1. The number of nitrogens with zero attached hydrogens (tertiary/aromatic N) is 1. The minimum atomic E-state index is -3.17. The molecule has 1 aromatic heterocycles. The summed E-state index contributed by atoms with van der Waals surface area (Å²) in [4.78, 5) is 16.3. The molecule has 1 amide bonds. The first kappa shape index (κ1) is 20.2. The topological polar surface area (TPSA) is 63.2 Å². The number of ether oxygens (including phenoxy) is 1. The standard InChI is InChI=1S/C18H18F5N3O2/c1-8(16(20)21)25-11-4-12(5-11)26-17(27)10-2-9-3-13(19)15(28-18(22)23)6-14(9)24-7-10/h2-3,6-8,11-12,16,18,25H,4-5H2,1H3,(H,26,27)/t8-,11-,12-/m0/s1. The van der Waals surface area contributed by atoms with Crippen molar-refractivity contribution in [3.63, 3.8) is 0 Å². The number of rotatable bonds is 7. The Kier molecular flexibility index (Phi) is 5.97. The minimum absolute atomic E-state index is 0.0913. The Bertz CT molecular complexity index is 858. The van der Waals surface area contributed by atoms with Crippen LogP contribution >= 0.6 is 0 Å². The highest BCUT2D eigenvalue weighted by atomic mass is 19.3. The number of fused-ring (bicyclic) bond motifs is 1. The molecule has 0 spiro atoms. The molecule has 1 atom stereocenters. The molecule has 152 valence electrons. The molecule has 0 radical (unpaired) electrons. The van der Waals surface area contributed by atoms with E-state index < -0.39 is 36.6 Å². The monoisotopic (exact) mass is 403 g/mol. The first-order chi connectivity index (χ1) is 13.2. The Hall–Kier alpha value is -2.49. The molecule has 10 heteroatoms. The third-order valence-corrected chi connectivity index (χ3v) is 4.56. The third-order valence-electron chi connectivity index (χ3n) is 4.56. The van der Waals surface area contributed by atoms with Crippen LogP contribution in [0.1, 0.15) is 30.1 Å². The maximum absolute atomic E-state index is 13.8. The van der Waals surface area contributed by atoms with E-state index in [9.17, 15) is 26.7 Å². The molecule has 28 heavy (non-hydrogen) atoms. The lowest BCUT2D eigenvalue weighted by Gasteiger charge is -2.38. The number of hydrogen-bond donors (Lipinski definition) is 2. The number of hydrogen-bond acceptors (Lipinski definition) is 4. The van der Waals surface area contributed by atoms with Gasteiger partial charge in [0.2, 0.25) is 0 Å². The molecule has 1 aliphatic rings. The number of alkyl halides is 4. The van der Waals surface area contributed by atoms with Gasteiger partial charge in [-0.05, 0) is 31.9 Å². The number of nitrogens with one attached hydrogen (secondary N) is 2. The molecular weight excluding hydrogens is 385 g/mol. The fourth-order valence-electron chi connectivity index (χ4n) is 3.02. The highest BCUT2D eigenvalue weighted by Gasteiger charge is 2.32. The van der Waals surface area contributed by atoms with Crippen LogP contribution < -0.4 is 15.4 Å². The van der Waals surface area contributed by atoms with Crippen LogP contribution in [0.3, 0.4) is 0 Å². The SMILES string of the molecule is C[C@H](N[C@H]1C[C@H](NC(=O)c2cnc3cc(OC(F)F)c(F)cc3c2)C1)C(F)F. The van der Waals surface area contributed by atoms with Gasteiger partial charge >= 0.3 is 6.61 Å². The van der Waals surface area contributed by atoms with Gasteiger partial charge in [0.05, 0.1) is 17.1 Å². The lowest BCUT2D eigenvalue weighted by atomic mass is 9.86. The molecular formula is C18H18F5N3O2. The fraction of sp³-hybridized carbons (Fsp3) is 0.444. The summed E-state index contributed by atoms with van der Waals surface area (Å²) in [6, 6.07) is 2.22. The highest BCUT2D eigenvalue weighted by Crippen LogP contribution is 2.26. The van der Waals surface area contributed by atoms with Gasteiger partial charge in [-0.25, -0.2) is 13.2 Å². The lowest BCUT2D eigenvalue weighted by Crippen LogP contribution is -2.55. The van der Waals surface area contributed by atoms with Crippen LogP contribution in [0.2, 0.25) is 0 Å². The number of aromatic nitrogens is 1. The van der Waals surface area contributed by atoms with Crippen molar-refractivity contribution in [2.24, 2.45) is 0 Å². The Balaban J connectivity index is 1.62. The first-order valence-corrected chi connectivity index (χ1v) is 8.62. The van der Waals surface area contributed by atoms with E-state index in [1.54, 1.807) is 0 Å². The van der Waals surface area contributed by atoms with Gasteiger partial charge in [-0.3, -0.25) is 9.78 Å². The van der Waals surface area contributed by atoms with E-state index in [0.29, 0.717) is 12.8 Å². The lowest BCUT2D eigenvalue weighted by molar-refractivity contribution is -0.0520. The number of amides is 1. The van der Waals surface area contributed by atoms with E-state index in [-0.39, 0.29) is 28.6 Å². The Labute approximate surface area is 157 Å². The smallest absolute Gasteiger partial charge is 0.387 e. The van der Waals surface area contributed by atoms with Crippen LogP contribution in [0.25, 0.3) is 10.9 Å². The average Bonchev–Trinajstić information content (AvgIpc) is 2.59. The quantitative estimate of drug-likeness (QED) is 0.695. The van der Waals surface area contributed by atoms with Crippen molar-refractivity contribution in [3.05, 3.63) is 35.8 Å². The molecule has 1 fully saturated rings. The van der Waals surface area contributed by atoms with E-state index >= 15 is 0 Å². The normalized spacial score (nSPS) is 20.3. The van der Waals surface area contributed by atoms with Crippen molar-refractivity contribution >= 4 is 16.8 Å². The van der Waals surface area contributed by atoms with Crippen molar-refractivity contribution < 1.29 is 31.5 Å². The Morgan fingerprint density at radius 1 is 1.18 bits per heavy atom. The summed E-state index contributed by atoms with van der Waals surface area (Å²) in [7, 11) is 0. The molecule has 0 aliphatic heterocycles. The fourth-order valence-corrected chi connectivity index (χ4v) is 3.02. The van der Waals surface area contributed by atoms with Gasteiger partial charge in [0, 0.05) is 29.7 Å². The van der Waals surface area contributed by atoms with Gasteiger partial charge in [0.25, 0.3) is 12.3 Å². The Morgan fingerprint density at radius 3 is 2.54 bits per heavy atom. The molecule has 1 aromatic carbocycles. The summed E-state index contributed by atoms with van der Waals surface area (Å²) in [5.41, 5.74) is 0.370. The molecule has 0 saturated heterocycles. The van der Waals surface area contributed by atoms with Crippen molar-refractivity contribution in [2.75, 3.05) is 0 Å². The first-order valence-electron chi connectivity index (χ1n) is 8.62. The van der Waals surface area contributed by atoms with E-state index in [1.165, 1.54) is 19.2 Å². The molecule has 3 rings (SSSR count). The third kappa shape index (κ3) is 4.67. The van der Waals surface area contributed by atoms with Gasteiger partial charge in [-0.2, -0.15) is 8.78 Å². The average molecular weight is 403 g/mol. The Morgan fingerprint density at radius 2 is 1.89 bits per heavy atom. The summed E-state index contributed by atoms with van der Waals surface area (Å²) < 4.78 is 67.5. The molecule has 2 aromatic rings. The summed E-state index contributed by atoms with van der Waals surface area (Å²) >= 11 is 0. The van der Waals surface area contributed by atoms with Crippen LogP contribution in [0.15, 0.2) is 24.4 Å². The van der Waals surface area contributed by atoms with Crippen LogP contribution in [0, 0.1) is 5.82 Å². The molecule has 2 N–H and O–H groups in total. The van der Waals surface area contributed by atoms with E-state index in [2.05, 4.69) is 20.4 Å². The van der Waals surface area contributed by atoms with Gasteiger partial charge in [-0.1, -0.05) is 0 Å². The van der Waals surface area contributed by atoms with E-state index in [4.69, 9.17) is 0 Å². The zero-order valence-corrected chi connectivity index (χ0v) is 14.8. The summed E-state index contributed by atoms with van der Waals surface area (Å²) in [6.07, 6.45) is -0.168. The zero-order chi connectivity index (χ0) is 20.4. The van der Waals surface area contributed by atoms with Crippen molar-refractivity contribution in [3.8, 4) is 5.75 Å². The van der Waals surface area contributed by atoms with Crippen LogP contribution in [0.5, 0.6) is 5.75 Å². The van der Waals surface area contributed by atoms with E-state index in [0.717, 1.165) is 12.1 Å². The molecule has 1 heterocycles. The van der Waals surface area contributed by atoms with Crippen LogP contribution in [-0.4, -0.2) is 42.1 Å². The second kappa shape index (κ2) is 8.26. The van der Waals surface area contributed by atoms with E-state index in [1.807, 2.05) is 0 Å². The van der Waals surface area contributed by atoms with Crippen molar-refractivity contribution in [1.82, 2.24) is 15.6 Å². The summed E-state index contributed by atoms with van der Waals surface area (Å²) in [5, 5.41) is 5.80. The zero-order valence-electron chi connectivity index (χ0n) is 14.8. The van der Waals surface area contributed by atoms with Crippen LogP contribution in [-0.2, 0) is 0 Å². The maximum atomic E-state index is 13.8. The predicted molar refractivity (Wildman–Crippen MR) is 91.2 cm³/mol. The molecule has 1 aliphatic carbocycles. The second-order valence-electron chi connectivity index (χ2n) is 6.71. The summed E-state index contributed by atoms with van der Waals surface area (Å²) in [5.74, 6) is -2.06. The predicted octanol–water partition coefficient (Wildman–Crippen LogP) is 3.48. The van der Waals surface area contributed by atoms with Crippen molar-refractivity contribution in [1.29, 1.82) is 0 Å². The number of benzene rings is 1. The molecule has 0 bridgehead atoms. The second-order valence-corrected chi connectivity index (χ2v) is 6.71. The van der Waals surface area contributed by atoms with Gasteiger partial charge in [0.1, 0.15) is 0 Å². The van der Waals surface area contributed by atoms with Gasteiger partial charge in [-0.15, -0.1) is 0 Å². The molecule has 5 nitrogen and oxygen atoms in total.